The maximum atomic E-state index is 8.85. The van der Waals surface area contributed by atoms with Gasteiger partial charge in [0, 0.05) is 38.9 Å². The van der Waals surface area contributed by atoms with Crippen molar-refractivity contribution in [2.45, 2.75) is 33.4 Å². The van der Waals surface area contributed by atoms with Crippen LogP contribution in [0.3, 0.4) is 0 Å². The van der Waals surface area contributed by atoms with Gasteiger partial charge >= 0.3 is 0 Å². The maximum Gasteiger partial charge on any atom is 0.147 e. The molecule has 3 rings (SSSR count). The van der Waals surface area contributed by atoms with E-state index in [-0.39, 0.29) is 0 Å². The summed E-state index contributed by atoms with van der Waals surface area (Å²) < 4.78 is 2.22. The molecule has 0 spiro atoms. The molecule has 0 aliphatic carbocycles. The summed E-state index contributed by atoms with van der Waals surface area (Å²) in [6.45, 7) is 9.81. The molecule has 0 bridgehead atoms. The Morgan fingerprint density at radius 2 is 1.96 bits per heavy atom. The van der Waals surface area contributed by atoms with Gasteiger partial charge < -0.3 is 9.47 Å². The summed E-state index contributed by atoms with van der Waals surface area (Å²) in [4.78, 5) is 9.06. The number of aromatic nitrogens is 4. The van der Waals surface area contributed by atoms with Crippen LogP contribution in [0.1, 0.15) is 30.6 Å². The van der Waals surface area contributed by atoms with Crippen LogP contribution in [0.25, 0.3) is 0 Å². The van der Waals surface area contributed by atoms with Crippen molar-refractivity contribution < 1.29 is 0 Å². The standard InChI is InChI=1S/C17H23N7/c1-3-6-24-14(2)20-21-17(24)13-22-7-9-23(10-8-22)16-5-4-15(11-18)12-19-16/h4-5,12H,3,6-10,13H2,1-2H3. The lowest BCUT2D eigenvalue weighted by Crippen LogP contribution is -2.46. The third-order valence-electron chi connectivity index (χ3n) is 4.40. The van der Waals surface area contributed by atoms with Gasteiger partial charge in [0.15, 0.2) is 0 Å². The van der Waals surface area contributed by atoms with E-state index in [1.165, 1.54) is 0 Å². The van der Waals surface area contributed by atoms with Gasteiger partial charge in [0.1, 0.15) is 23.5 Å². The van der Waals surface area contributed by atoms with E-state index in [2.05, 4.69) is 42.5 Å². The minimum atomic E-state index is 0.600. The normalized spacial score (nSPS) is 15.5. The van der Waals surface area contributed by atoms with Gasteiger partial charge in [-0.15, -0.1) is 10.2 Å². The van der Waals surface area contributed by atoms with Crippen molar-refractivity contribution in [1.29, 1.82) is 5.26 Å². The molecule has 0 radical (unpaired) electrons. The quantitative estimate of drug-likeness (QED) is 0.831. The molecule has 3 heterocycles. The highest BCUT2D eigenvalue weighted by Gasteiger charge is 2.20. The predicted octanol–water partition coefficient (Wildman–Crippen LogP) is 1.59. The molecular formula is C17H23N7. The van der Waals surface area contributed by atoms with Crippen LogP contribution < -0.4 is 4.90 Å². The molecule has 0 N–H and O–H groups in total. The highest BCUT2D eigenvalue weighted by Crippen LogP contribution is 2.15. The Kier molecular flexibility index (Phi) is 5.06. The summed E-state index contributed by atoms with van der Waals surface area (Å²) in [7, 11) is 0. The predicted molar refractivity (Wildman–Crippen MR) is 91.5 cm³/mol. The zero-order valence-corrected chi connectivity index (χ0v) is 14.3. The van der Waals surface area contributed by atoms with Crippen molar-refractivity contribution in [1.82, 2.24) is 24.6 Å². The summed E-state index contributed by atoms with van der Waals surface area (Å²) in [6, 6.07) is 5.85. The Morgan fingerprint density at radius 3 is 2.58 bits per heavy atom. The minimum Gasteiger partial charge on any atom is -0.354 e. The molecule has 1 saturated heterocycles. The number of piperazine rings is 1. The second-order valence-corrected chi connectivity index (χ2v) is 6.10. The van der Waals surface area contributed by atoms with Crippen molar-refractivity contribution in [3.05, 3.63) is 35.5 Å². The van der Waals surface area contributed by atoms with Crippen molar-refractivity contribution >= 4 is 5.82 Å². The molecule has 2 aromatic heterocycles. The number of anilines is 1. The molecule has 7 nitrogen and oxygen atoms in total. The molecular weight excluding hydrogens is 302 g/mol. The number of nitriles is 1. The third kappa shape index (κ3) is 3.54. The lowest BCUT2D eigenvalue weighted by Gasteiger charge is -2.35. The van der Waals surface area contributed by atoms with Crippen LogP contribution in [0.4, 0.5) is 5.82 Å². The van der Waals surface area contributed by atoms with Crippen LogP contribution in [-0.2, 0) is 13.1 Å². The molecule has 1 fully saturated rings. The molecule has 0 saturated carbocycles. The molecule has 0 aromatic carbocycles. The Hall–Kier alpha value is -2.46. The second kappa shape index (κ2) is 7.41. The van der Waals surface area contributed by atoms with Crippen LogP contribution in [0.5, 0.6) is 0 Å². The molecule has 2 aromatic rings. The van der Waals surface area contributed by atoms with Crippen molar-refractivity contribution in [2.75, 3.05) is 31.1 Å². The lowest BCUT2D eigenvalue weighted by molar-refractivity contribution is 0.239. The fourth-order valence-corrected chi connectivity index (χ4v) is 3.03. The fraction of sp³-hybridized carbons (Fsp3) is 0.529. The van der Waals surface area contributed by atoms with Gasteiger partial charge in [0.25, 0.3) is 0 Å². The average Bonchev–Trinajstić information content (AvgIpc) is 2.96. The summed E-state index contributed by atoms with van der Waals surface area (Å²) in [5.74, 6) is 2.99. The molecule has 24 heavy (non-hydrogen) atoms. The Bertz CT molecular complexity index is 706. The summed E-state index contributed by atoms with van der Waals surface area (Å²) in [6.07, 6.45) is 2.72. The van der Waals surface area contributed by atoms with E-state index in [4.69, 9.17) is 5.26 Å². The van der Waals surface area contributed by atoms with Crippen molar-refractivity contribution in [2.24, 2.45) is 0 Å². The van der Waals surface area contributed by atoms with Gasteiger partial charge in [0.2, 0.25) is 0 Å². The van der Waals surface area contributed by atoms with Gasteiger partial charge in [-0.25, -0.2) is 4.98 Å². The van der Waals surface area contributed by atoms with E-state index >= 15 is 0 Å². The molecule has 0 atom stereocenters. The molecule has 1 aliphatic rings. The van der Waals surface area contributed by atoms with E-state index in [1.807, 2.05) is 19.1 Å². The number of rotatable bonds is 5. The summed E-state index contributed by atoms with van der Waals surface area (Å²) in [5.41, 5.74) is 0.600. The molecule has 126 valence electrons. The first-order valence-electron chi connectivity index (χ1n) is 8.43. The number of hydrogen-bond donors (Lipinski definition) is 0. The Morgan fingerprint density at radius 1 is 1.17 bits per heavy atom. The Labute approximate surface area is 142 Å². The molecule has 0 amide bonds. The maximum absolute atomic E-state index is 8.85. The first kappa shape index (κ1) is 16.4. The van der Waals surface area contributed by atoms with E-state index in [0.717, 1.165) is 63.2 Å². The number of nitrogens with zero attached hydrogens (tertiary/aromatic N) is 7. The highest BCUT2D eigenvalue weighted by molar-refractivity contribution is 5.42. The lowest BCUT2D eigenvalue weighted by atomic mass is 10.2. The summed E-state index contributed by atoms with van der Waals surface area (Å²) >= 11 is 0. The topological polar surface area (TPSA) is 73.9 Å². The van der Waals surface area contributed by atoms with Crippen LogP contribution in [-0.4, -0.2) is 50.8 Å². The monoisotopic (exact) mass is 325 g/mol. The van der Waals surface area contributed by atoms with Gasteiger partial charge in [-0.1, -0.05) is 6.92 Å². The highest BCUT2D eigenvalue weighted by atomic mass is 15.3. The van der Waals surface area contributed by atoms with Crippen LogP contribution in [0, 0.1) is 18.3 Å². The minimum absolute atomic E-state index is 0.600. The van der Waals surface area contributed by atoms with Crippen molar-refractivity contribution in [3.8, 4) is 6.07 Å². The zero-order valence-electron chi connectivity index (χ0n) is 14.3. The fourth-order valence-electron chi connectivity index (χ4n) is 3.03. The molecule has 0 unspecified atom stereocenters. The van der Waals surface area contributed by atoms with Gasteiger partial charge in [-0.2, -0.15) is 5.26 Å². The Balaban J connectivity index is 1.58. The first-order valence-corrected chi connectivity index (χ1v) is 8.43. The van der Waals surface area contributed by atoms with Crippen LogP contribution in [0.2, 0.25) is 0 Å². The average molecular weight is 325 g/mol. The van der Waals surface area contributed by atoms with E-state index in [0.29, 0.717) is 5.56 Å². The SMILES string of the molecule is CCCn1c(C)nnc1CN1CCN(c2ccc(C#N)cn2)CC1. The first-order chi connectivity index (χ1) is 11.7. The largest absolute Gasteiger partial charge is 0.354 e. The molecule has 1 aliphatic heterocycles. The smallest absolute Gasteiger partial charge is 0.147 e. The van der Waals surface area contributed by atoms with E-state index < -0.39 is 0 Å². The van der Waals surface area contributed by atoms with Crippen LogP contribution >= 0.6 is 0 Å². The molecule has 7 heteroatoms. The van der Waals surface area contributed by atoms with Gasteiger partial charge in [-0.05, 0) is 25.5 Å². The van der Waals surface area contributed by atoms with Crippen LogP contribution in [0.15, 0.2) is 18.3 Å². The van der Waals surface area contributed by atoms with Crippen molar-refractivity contribution in [3.63, 3.8) is 0 Å². The second-order valence-electron chi connectivity index (χ2n) is 6.10. The number of pyridine rings is 1. The van der Waals surface area contributed by atoms with E-state index in [1.54, 1.807) is 6.20 Å². The van der Waals surface area contributed by atoms with Gasteiger partial charge in [-0.3, -0.25) is 4.90 Å². The number of hydrogen-bond acceptors (Lipinski definition) is 6. The van der Waals surface area contributed by atoms with Gasteiger partial charge in [0.05, 0.1) is 12.1 Å². The summed E-state index contributed by atoms with van der Waals surface area (Å²) in [5, 5.41) is 17.4. The van der Waals surface area contributed by atoms with E-state index in [9.17, 15) is 0 Å². The number of aryl methyl sites for hydroxylation is 1. The zero-order chi connectivity index (χ0) is 16.9. The third-order valence-corrected chi connectivity index (χ3v) is 4.40.